The molecule has 0 N–H and O–H groups in total. The van der Waals surface area contributed by atoms with Crippen LogP contribution < -0.4 is 9.47 Å². The molecule has 3 aromatic rings. The second-order valence-electron chi connectivity index (χ2n) is 7.28. The average molecular weight is 464 g/mol. The third kappa shape index (κ3) is 4.58. The van der Waals surface area contributed by atoms with Crippen LogP contribution in [0, 0.1) is 6.92 Å². The van der Waals surface area contributed by atoms with E-state index in [2.05, 4.69) is 0 Å². The first kappa shape index (κ1) is 22.2. The van der Waals surface area contributed by atoms with Gasteiger partial charge >= 0.3 is 6.18 Å². The predicted molar refractivity (Wildman–Crippen MR) is 111 cm³/mol. The second-order valence-corrected chi connectivity index (χ2v) is 8.89. The molecule has 9 heteroatoms. The molecule has 0 bridgehead atoms. The van der Waals surface area contributed by atoms with Crippen molar-refractivity contribution in [2.24, 2.45) is 0 Å². The molecule has 0 fully saturated rings. The summed E-state index contributed by atoms with van der Waals surface area (Å²) in [6.07, 6.45) is -5.39. The number of alkyl halides is 3. The summed E-state index contributed by atoms with van der Waals surface area (Å²) >= 11 is 0. The van der Waals surface area contributed by atoms with Crippen molar-refractivity contribution in [1.82, 2.24) is 0 Å². The first-order chi connectivity index (χ1) is 15.1. The number of benzene rings is 3. The maximum absolute atomic E-state index is 13.5. The Morgan fingerprint density at radius 2 is 1.66 bits per heavy atom. The largest absolute Gasteiger partial charge is 0.486 e. The number of ether oxygens (including phenoxy) is 2. The molecule has 32 heavy (non-hydrogen) atoms. The first-order valence-electron chi connectivity index (χ1n) is 9.70. The normalized spacial score (nSPS) is 16.1. The van der Waals surface area contributed by atoms with Gasteiger partial charge in [-0.15, -0.1) is 0 Å². The van der Waals surface area contributed by atoms with Gasteiger partial charge in [0.05, 0.1) is 10.5 Å². The fraction of sp³-hybridized carbons (Fsp3) is 0.217. The molecule has 1 aliphatic heterocycles. The molecule has 0 spiro atoms. The minimum atomic E-state index is -4.56. The lowest BCUT2D eigenvalue weighted by atomic mass is 9.98. The van der Waals surface area contributed by atoms with E-state index in [-0.39, 0.29) is 40.7 Å². The van der Waals surface area contributed by atoms with Gasteiger partial charge < -0.3 is 9.47 Å². The molecular weight excluding hydrogens is 445 g/mol. The topological polar surface area (TPSA) is 61.8 Å². The zero-order valence-corrected chi connectivity index (χ0v) is 17.7. The highest BCUT2D eigenvalue weighted by Crippen LogP contribution is 2.45. The van der Waals surface area contributed by atoms with Crippen molar-refractivity contribution in [1.29, 1.82) is 0 Å². The third-order valence-corrected chi connectivity index (χ3v) is 6.23. The summed E-state index contributed by atoms with van der Waals surface area (Å²) in [5.41, 5.74) is 0.226. The minimum absolute atomic E-state index is 0.0000199. The van der Waals surface area contributed by atoms with Gasteiger partial charge in [-0.1, -0.05) is 48.0 Å². The molecule has 0 amide bonds. The summed E-state index contributed by atoms with van der Waals surface area (Å²) in [6.45, 7) is 1.46. The van der Waals surface area contributed by atoms with Gasteiger partial charge in [0, 0.05) is 5.56 Å². The molecule has 3 aromatic carbocycles. The van der Waals surface area contributed by atoms with Gasteiger partial charge in [-0.3, -0.25) is 4.18 Å². The lowest BCUT2D eigenvalue weighted by Gasteiger charge is -2.28. The molecular formula is C23H19F3O5S. The van der Waals surface area contributed by atoms with E-state index in [4.69, 9.17) is 13.7 Å². The molecule has 4 rings (SSSR count). The van der Waals surface area contributed by atoms with Gasteiger partial charge in [0.2, 0.25) is 0 Å². The summed E-state index contributed by atoms with van der Waals surface area (Å²) in [5, 5.41) is 0. The number of rotatable bonds is 5. The van der Waals surface area contributed by atoms with Crippen LogP contribution in [0.25, 0.3) is 11.1 Å². The summed E-state index contributed by atoms with van der Waals surface area (Å²) in [6, 6.07) is 16.0. The van der Waals surface area contributed by atoms with E-state index in [0.717, 1.165) is 11.6 Å². The minimum Gasteiger partial charge on any atom is -0.486 e. The molecule has 0 saturated heterocycles. The molecule has 1 heterocycles. The van der Waals surface area contributed by atoms with Gasteiger partial charge in [-0.25, -0.2) is 0 Å². The van der Waals surface area contributed by atoms with Crippen LogP contribution in [-0.2, 0) is 20.5 Å². The Balaban J connectivity index is 1.58. The first-order valence-corrected chi connectivity index (χ1v) is 11.1. The Morgan fingerprint density at radius 1 is 0.969 bits per heavy atom. The molecule has 0 aromatic heterocycles. The summed E-state index contributed by atoms with van der Waals surface area (Å²) in [5.74, 6) is 0.383. The molecule has 1 atom stereocenters. The number of fused-ring (bicyclic) bond motifs is 1. The quantitative estimate of drug-likeness (QED) is 0.484. The van der Waals surface area contributed by atoms with E-state index in [0.29, 0.717) is 0 Å². The van der Waals surface area contributed by atoms with Gasteiger partial charge in [0.25, 0.3) is 10.1 Å². The van der Waals surface area contributed by atoms with E-state index in [9.17, 15) is 21.6 Å². The summed E-state index contributed by atoms with van der Waals surface area (Å²) in [7, 11) is -4.03. The van der Waals surface area contributed by atoms with Gasteiger partial charge in [0.1, 0.15) is 13.2 Å². The second kappa shape index (κ2) is 8.48. The van der Waals surface area contributed by atoms with Crippen molar-refractivity contribution in [2.75, 3.05) is 13.2 Å². The van der Waals surface area contributed by atoms with Gasteiger partial charge in [0.15, 0.2) is 17.6 Å². The fourth-order valence-corrected chi connectivity index (χ4v) is 4.27. The molecule has 0 radical (unpaired) electrons. The molecule has 0 unspecified atom stereocenters. The molecule has 0 aliphatic carbocycles. The number of hydrogen-bond donors (Lipinski definition) is 0. The number of aryl methyl sites for hydroxylation is 1. The Kier molecular flexibility index (Phi) is 5.87. The smallest absolute Gasteiger partial charge is 0.417 e. The van der Waals surface area contributed by atoms with Gasteiger partial charge in [-0.2, -0.15) is 21.6 Å². The van der Waals surface area contributed by atoms with E-state index in [1.807, 2.05) is 6.92 Å². The Morgan fingerprint density at radius 3 is 2.38 bits per heavy atom. The highest BCUT2D eigenvalue weighted by atomic mass is 32.2. The zero-order valence-electron chi connectivity index (χ0n) is 16.9. The van der Waals surface area contributed by atoms with Crippen molar-refractivity contribution in [2.45, 2.75) is 24.1 Å². The molecule has 168 valence electrons. The average Bonchev–Trinajstić information content (AvgIpc) is 2.77. The van der Waals surface area contributed by atoms with E-state index < -0.39 is 28.0 Å². The van der Waals surface area contributed by atoms with Crippen LogP contribution in [0.2, 0.25) is 0 Å². The maximum atomic E-state index is 13.5. The van der Waals surface area contributed by atoms with Crippen LogP contribution >= 0.6 is 0 Å². The molecule has 5 nitrogen and oxygen atoms in total. The van der Waals surface area contributed by atoms with Crippen molar-refractivity contribution < 1.29 is 35.2 Å². The Bertz CT molecular complexity index is 1220. The summed E-state index contributed by atoms with van der Waals surface area (Å²) in [4.78, 5) is 0.0000199. The van der Waals surface area contributed by atoms with Crippen LogP contribution in [0.1, 0.15) is 11.1 Å². The van der Waals surface area contributed by atoms with Crippen LogP contribution in [0.15, 0.2) is 71.6 Å². The van der Waals surface area contributed by atoms with E-state index in [1.54, 1.807) is 24.3 Å². The van der Waals surface area contributed by atoms with Gasteiger partial charge in [-0.05, 0) is 36.8 Å². The number of para-hydroxylation sites is 1. The zero-order chi connectivity index (χ0) is 22.9. The predicted octanol–water partition coefficient (Wildman–Crippen LogP) is 5.23. The van der Waals surface area contributed by atoms with E-state index in [1.165, 1.54) is 36.4 Å². The highest BCUT2D eigenvalue weighted by Gasteiger charge is 2.35. The fourth-order valence-electron chi connectivity index (χ4n) is 3.33. The highest BCUT2D eigenvalue weighted by molar-refractivity contribution is 7.86. The maximum Gasteiger partial charge on any atom is 0.417 e. The monoisotopic (exact) mass is 464 g/mol. The molecule has 0 saturated carbocycles. The standard InChI is InChI=1S/C23H19F3O5S/c1-15-9-11-17(12-10-15)32(27,28)30-14-16-13-29-21-8-4-6-19(22(21)31-16)18-5-2-3-7-20(18)23(24,25)26/h2-12,16H,13-14H2,1H3/t16-/m1/s1. The SMILES string of the molecule is Cc1ccc(S(=O)(=O)OC[C@H]2COc3cccc(-c4ccccc4C(F)(F)F)c3O2)cc1. The van der Waals surface area contributed by atoms with E-state index >= 15 is 0 Å². The van der Waals surface area contributed by atoms with Crippen LogP contribution in [0.3, 0.4) is 0 Å². The lowest BCUT2D eigenvalue weighted by Crippen LogP contribution is -2.34. The van der Waals surface area contributed by atoms with Crippen LogP contribution in [-0.4, -0.2) is 27.7 Å². The Hall–Kier alpha value is -3.04. The Labute approximate surface area is 183 Å². The third-order valence-electron chi connectivity index (χ3n) is 4.93. The number of hydrogen-bond acceptors (Lipinski definition) is 5. The molecule has 1 aliphatic rings. The lowest BCUT2D eigenvalue weighted by molar-refractivity contribution is -0.137. The van der Waals surface area contributed by atoms with Crippen LogP contribution in [0.4, 0.5) is 13.2 Å². The summed E-state index contributed by atoms with van der Waals surface area (Å²) < 4.78 is 82.0. The van der Waals surface area contributed by atoms with Crippen molar-refractivity contribution in [3.63, 3.8) is 0 Å². The van der Waals surface area contributed by atoms with Crippen LogP contribution in [0.5, 0.6) is 11.5 Å². The van der Waals surface area contributed by atoms with Crippen molar-refractivity contribution in [3.05, 3.63) is 77.9 Å². The van der Waals surface area contributed by atoms with Crippen molar-refractivity contribution >= 4 is 10.1 Å². The van der Waals surface area contributed by atoms with Crippen molar-refractivity contribution in [3.8, 4) is 22.6 Å². The number of halogens is 3.